The van der Waals surface area contributed by atoms with Crippen LogP contribution in [-0.2, 0) is 10.0 Å². The molecule has 1 aromatic rings. The Morgan fingerprint density at radius 2 is 2.05 bits per heavy atom. The molecule has 5 nitrogen and oxygen atoms in total. The number of hydrogen-bond donors (Lipinski definition) is 1. The lowest BCUT2D eigenvalue weighted by Gasteiger charge is -2.26. The number of rotatable bonds is 6. The first-order valence-corrected chi connectivity index (χ1v) is 8.25. The molecule has 1 aliphatic rings. The molecule has 112 valence electrons. The van der Waals surface area contributed by atoms with Gasteiger partial charge in [-0.2, -0.15) is 4.31 Å². The van der Waals surface area contributed by atoms with Gasteiger partial charge in [0.25, 0.3) is 0 Å². The molecule has 0 radical (unpaired) electrons. The average Bonchev–Trinajstić information content (AvgIpc) is 3.18. The van der Waals surface area contributed by atoms with Crippen molar-refractivity contribution in [1.82, 2.24) is 4.31 Å². The average molecular weight is 298 g/mol. The summed E-state index contributed by atoms with van der Waals surface area (Å²) in [7, 11) is -2.11. The number of nitrogens with zero attached hydrogens (tertiary/aromatic N) is 1. The zero-order chi connectivity index (χ0) is 14.9. The normalized spacial score (nSPS) is 15.8. The SMILES string of the molecule is COc1cc(N)ccc1S(=O)(=O)N(CC1CC1)C(C)C. The monoisotopic (exact) mass is 298 g/mol. The molecular weight excluding hydrogens is 276 g/mol. The third kappa shape index (κ3) is 3.07. The highest BCUT2D eigenvalue weighted by molar-refractivity contribution is 7.89. The molecule has 1 aliphatic carbocycles. The van der Waals surface area contributed by atoms with Gasteiger partial charge in [-0.1, -0.05) is 0 Å². The molecule has 1 saturated carbocycles. The second-order valence-corrected chi connectivity index (χ2v) is 7.38. The van der Waals surface area contributed by atoms with Gasteiger partial charge in [0.05, 0.1) is 7.11 Å². The Hall–Kier alpha value is -1.27. The molecule has 0 aromatic heterocycles. The largest absolute Gasteiger partial charge is 0.495 e. The molecule has 0 spiro atoms. The molecule has 0 aliphatic heterocycles. The lowest BCUT2D eigenvalue weighted by atomic mass is 10.3. The van der Waals surface area contributed by atoms with Gasteiger partial charge in [-0.15, -0.1) is 0 Å². The molecule has 2 rings (SSSR count). The van der Waals surface area contributed by atoms with Crippen LogP contribution in [0.1, 0.15) is 26.7 Å². The zero-order valence-corrected chi connectivity index (χ0v) is 13.0. The Bertz CT molecular complexity index is 580. The quantitative estimate of drug-likeness (QED) is 0.816. The molecule has 0 heterocycles. The second kappa shape index (κ2) is 5.61. The Morgan fingerprint density at radius 1 is 1.40 bits per heavy atom. The lowest BCUT2D eigenvalue weighted by Crippen LogP contribution is -2.38. The van der Waals surface area contributed by atoms with Crippen molar-refractivity contribution in [2.45, 2.75) is 37.6 Å². The Labute approximate surface area is 120 Å². The summed E-state index contributed by atoms with van der Waals surface area (Å²) in [6.07, 6.45) is 2.22. The summed E-state index contributed by atoms with van der Waals surface area (Å²) in [6.45, 7) is 4.36. The molecule has 0 bridgehead atoms. The minimum absolute atomic E-state index is 0.0807. The van der Waals surface area contributed by atoms with E-state index in [4.69, 9.17) is 10.5 Å². The molecule has 0 atom stereocenters. The van der Waals surface area contributed by atoms with Gasteiger partial charge in [0, 0.05) is 24.3 Å². The van der Waals surface area contributed by atoms with E-state index >= 15 is 0 Å². The van der Waals surface area contributed by atoms with Crippen LogP contribution in [0.2, 0.25) is 0 Å². The maximum atomic E-state index is 12.8. The first-order valence-electron chi connectivity index (χ1n) is 6.81. The number of ether oxygens (including phenoxy) is 1. The second-order valence-electron chi connectivity index (χ2n) is 5.52. The van der Waals surface area contributed by atoms with Gasteiger partial charge < -0.3 is 10.5 Å². The van der Waals surface area contributed by atoms with Crippen molar-refractivity contribution >= 4 is 15.7 Å². The number of benzene rings is 1. The van der Waals surface area contributed by atoms with Crippen molar-refractivity contribution in [3.63, 3.8) is 0 Å². The Balaban J connectivity index is 2.41. The van der Waals surface area contributed by atoms with Crippen molar-refractivity contribution < 1.29 is 13.2 Å². The fourth-order valence-corrected chi connectivity index (χ4v) is 4.02. The molecule has 1 aromatic carbocycles. The Kier molecular flexibility index (Phi) is 4.25. The van der Waals surface area contributed by atoms with E-state index in [1.165, 1.54) is 13.2 Å². The van der Waals surface area contributed by atoms with Crippen molar-refractivity contribution in [3.05, 3.63) is 18.2 Å². The van der Waals surface area contributed by atoms with Gasteiger partial charge in [0.1, 0.15) is 10.6 Å². The van der Waals surface area contributed by atoms with Gasteiger partial charge in [-0.05, 0) is 44.7 Å². The first kappa shape index (κ1) is 15.1. The van der Waals surface area contributed by atoms with Crippen LogP contribution in [0.25, 0.3) is 0 Å². The fourth-order valence-electron chi connectivity index (χ4n) is 2.17. The van der Waals surface area contributed by atoms with Gasteiger partial charge in [-0.25, -0.2) is 8.42 Å². The summed E-state index contributed by atoms with van der Waals surface area (Å²) in [4.78, 5) is 0.184. The van der Waals surface area contributed by atoms with Crippen molar-refractivity contribution in [1.29, 1.82) is 0 Å². The highest BCUT2D eigenvalue weighted by Gasteiger charge is 2.34. The van der Waals surface area contributed by atoms with Crippen LogP contribution in [0.4, 0.5) is 5.69 Å². The van der Waals surface area contributed by atoms with E-state index in [0.717, 1.165) is 12.8 Å². The number of sulfonamides is 1. The zero-order valence-electron chi connectivity index (χ0n) is 12.2. The topological polar surface area (TPSA) is 72.6 Å². The summed E-state index contributed by atoms with van der Waals surface area (Å²) < 4.78 is 32.4. The molecule has 20 heavy (non-hydrogen) atoms. The maximum Gasteiger partial charge on any atom is 0.247 e. The van der Waals surface area contributed by atoms with Crippen LogP contribution in [0.15, 0.2) is 23.1 Å². The number of anilines is 1. The van der Waals surface area contributed by atoms with E-state index in [0.29, 0.717) is 23.9 Å². The highest BCUT2D eigenvalue weighted by atomic mass is 32.2. The van der Waals surface area contributed by atoms with Gasteiger partial charge in [-0.3, -0.25) is 0 Å². The van der Waals surface area contributed by atoms with E-state index in [9.17, 15) is 8.42 Å². The summed E-state index contributed by atoms with van der Waals surface area (Å²) in [6, 6.07) is 4.57. The van der Waals surface area contributed by atoms with Crippen LogP contribution < -0.4 is 10.5 Å². The van der Waals surface area contributed by atoms with E-state index < -0.39 is 10.0 Å². The highest BCUT2D eigenvalue weighted by Crippen LogP contribution is 2.35. The van der Waals surface area contributed by atoms with E-state index in [1.807, 2.05) is 13.8 Å². The predicted octanol–water partition coefficient (Wildman–Crippen LogP) is 2.09. The number of hydrogen-bond acceptors (Lipinski definition) is 4. The van der Waals surface area contributed by atoms with Crippen molar-refractivity contribution in [2.24, 2.45) is 5.92 Å². The van der Waals surface area contributed by atoms with Crippen LogP contribution in [-0.4, -0.2) is 32.4 Å². The third-order valence-electron chi connectivity index (χ3n) is 3.49. The summed E-state index contributed by atoms with van der Waals surface area (Å²) >= 11 is 0. The summed E-state index contributed by atoms with van der Waals surface area (Å²) in [5, 5.41) is 0. The summed E-state index contributed by atoms with van der Waals surface area (Å²) in [5.41, 5.74) is 6.17. The van der Waals surface area contributed by atoms with Crippen molar-refractivity contribution in [2.75, 3.05) is 19.4 Å². The van der Waals surface area contributed by atoms with Crippen LogP contribution in [0.3, 0.4) is 0 Å². The predicted molar refractivity (Wildman–Crippen MR) is 79.2 cm³/mol. The van der Waals surface area contributed by atoms with Crippen LogP contribution in [0.5, 0.6) is 5.75 Å². The molecule has 0 saturated heterocycles. The number of methoxy groups -OCH3 is 1. The first-order chi connectivity index (χ1) is 9.36. The van der Waals surface area contributed by atoms with Gasteiger partial charge >= 0.3 is 0 Å². The van der Waals surface area contributed by atoms with E-state index in [-0.39, 0.29) is 10.9 Å². The lowest BCUT2D eigenvalue weighted by molar-refractivity contribution is 0.338. The maximum absolute atomic E-state index is 12.8. The smallest absolute Gasteiger partial charge is 0.247 e. The Morgan fingerprint density at radius 3 is 2.55 bits per heavy atom. The van der Waals surface area contributed by atoms with E-state index in [1.54, 1.807) is 16.4 Å². The molecule has 0 unspecified atom stereocenters. The third-order valence-corrected chi connectivity index (χ3v) is 5.57. The van der Waals surface area contributed by atoms with Crippen LogP contribution in [0, 0.1) is 5.92 Å². The van der Waals surface area contributed by atoms with Gasteiger partial charge in [0.2, 0.25) is 10.0 Å². The molecular formula is C14H22N2O3S. The van der Waals surface area contributed by atoms with Gasteiger partial charge in [0.15, 0.2) is 0 Å². The summed E-state index contributed by atoms with van der Waals surface area (Å²) in [5.74, 6) is 0.790. The fraction of sp³-hybridized carbons (Fsp3) is 0.571. The van der Waals surface area contributed by atoms with Crippen LogP contribution >= 0.6 is 0 Å². The van der Waals surface area contributed by atoms with E-state index in [2.05, 4.69) is 0 Å². The minimum Gasteiger partial charge on any atom is -0.495 e. The molecule has 6 heteroatoms. The standard InChI is InChI=1S/C14H22N2O3S/c1-10(2)16(9-11-4-5-11)20(17,18)14-7-6-12(15)8-13(14)19-3/h6-8,10-11H,4-5,9,15H2,1-3H3. The number of nitrogens with two attached hydrogens (primary N) is 1. The van der Waals surface area contributed by atoms with Crippen molar-refractivity contribution in [3.8, 4) is 5.75 Å². The molecule has 0 amide bonds. The molecule has 2 N–H and O–H groups in total. The number of nitrogen functional groups attached to an aromatic ring is 1. The minimum atomic E-state index is -3.56. The molecule has 1 fully saturated rings.